The van der Waals surface area contributed by atoms with Gasteiger partial charge in [0.1, 0.15) is 0 Å². The van der Waals surface area contributed by atoms with Crippen LogP contribution in [0, 0.1) is 5.92 Å². The molecule has 26 heavy (non-hydrogen) atoms. The van der Waals surface area contributed by atoms with Gasteiger partial charge in [-0.25, -0.2) is 10.4 Å². The largest absolute Gasteiger partial charge is 0.272 e. The van der Waals surface area contributed by atoms with Crippen LogP contribution in [0.3, 0.4) is 0 Å². The number of hydrogen-bond acceptors (Lipinski definition) is 3. The minimum Gasteiger partial charge on any atom is -0.267 e. The van der Waals surface area contributed by atoms with Gasteiger partial charge in [0.15, 0.2) is 0 Å². The summed E-state index contributed by atoms with van der Waals surface area (Å²) >= 11 is 0. The molecule has 4 heteroatoms. The molecule has 4 nitrogen and oxygen atoms in total. The number of hydrogen-bond donors (Lipinski definition) is 1. The van der Waals surface area contributed by atoms with Gasteiger partial charge < -0.3 is 0 Å². The van der Waals surface area contributed by atoms with Crippen LogP contribution in [-0.4, -0.2) is 17.4 Å². The lowest BCUT2D eigenvalue weighted by Crippen LogP contribution is -2.45. The minimum atomic E-state index is -0.0549. The molecule has 0 radical (unpaired) electrons. The van der Waals surface area contributed by atoms with E-state index in [0.29, 0.717) is 11.5 Å². The summed E-state index contributed by atoms with van der Waals surface area (Å²) in [5, 5.41) is 2.69. The van der Waals surface area contributed by atoms with Crippen LogP contribution < -0.4 is 10.4 Å². The van der Waals surface area contributed by atoms with E-state index < -0.39 is 0 Å². The van der Waals surface area contributed by atoms with Gasteiger partial charge in [-0.1, -0.05) is 49.2 Å². The van der Waals surface area contributed by atoms with E-state index in [4.69, 9.17) is 0 Å². The summed E-state index contributed by atoms with van der Waals surface area (Å²) in [5.74, 6) is 0.579. The first-order chi connectivity index (χ1) is 12.8. The van der Waals surface area contributed by atoms with Gasteiger partial charge in [0.05, 0.1) is 17.4 Å². The summed E-state index contributed by atoms with van der Waals surface area (Å²) in [7, 11) is 0. The molecule has 0 atom stereocenters. The maximum Gasteiger partial charge on any atom is 0.272 e. The number of carbonyl (C=O) groups is 1. The number of hydrazine groups is 1. The van der Waals surface area contributed by atoms with Crippen molar-refractivity contribution in [2.75, 3.05) is 11.6 Å². The molecule has 0 saturated heterocycles. The second kappa shape index (κ2) is 7.67. The first kappa shape index (κ1) is 16.7. The van der Waals surface area contributed by atoms with E-state index in [1.165, 1.54) is 25.7 Å². The van der Waals surface area contributed by atoms with Crippen molar-refractivity contribution < 1.29 is 4.79 Å². The highest BCUT2D eigenvalue weighted by Gasteiger charge is 2.21. The van der Waals surface area contributed by atoms with E-state index in [0.717, 1.165) is 23.1 Å². The number of anilines is 1. The van der Waals surface area contributed by atoms with E-state index in [2.05, 4.69) is 10.4 Å². The number of nitrogens with one attached hydrogen (secondary N) is 1. The maximum absolute atomic E-state index is 13.1. The topological polar surface area (TPSA) is 45.2 Å². The summed E-state index contributed by atoms with van der Waals surface area (Å²) in [6.07, 6.45) is 6.81. The number of benzene rings is 2. The molecule has 2 aromatic carbocycles. The van der Waals surface area contributed by atoms with E-state index in [1.54, 1.807) is 11.2 Å². The number of para-hydroxylation sites is 1. The number of pyridine rings is 1. The van der Waals surface area contributed by atoms with Gasteiger partial charge in [0, 0.05) is 17.5 Å². The molecule has 1 heterocycles. The molecule has 1 fully saturated rings. The van der Waals surface area contributed by atoms with Crippen molar-refractivity contribution >= 4 is 22.5 Å². The summed E-state index contributed by atoms with van der Waals surface area (Å²) in [5.41, 5.74) is 5.75. The fourth-order valence-corrected chi connectivity index (χ4v) is 3.61. The van der Waals surface area contributed by atoms with Gasteiger partial charge in [-0.05, 0) is 43.0 Å². The zero-order valence-electron chi connectivity index (χ0n) is 14.8. The molecular weight excluding hydrogens is 322 g/mol. The number of aromatic nitrogens is 1. The molecule has 0 unspecified atom stereocenters. The predicted molar refractivity (Wildman–Crippen MR) is 105 cm³/mol. The Balaban J connectivity index is 1.64. The highest BCUT2D eigenvalue weighted by molar-refractivity contribution is 6.06. The third kappa shape index (κ3) is 3.60. The Morgan fingerprint density at radius 2 is 1.77 bits per heavy atom. The van der Waals surface area contributed by atoms with Gasteiger partial charge in [0.2, 0.25) is 0 Å². The van der Waals surface area contributed by atoms with Gasteiger partial charge in [-0.2, -0.15) is 0 Å². The number of carbonyl (C=O) groups excluding carboxylic acids is 1. The Kier molecular flexibility index (Phi) is 4.93. The van der Waals surface area contributed by atoms with Gasteiger partial charge in [-0.3, -0.25) is 9.78 Å². The van der Waals surface area contributed by atoms with Crippen LogP contribution in [0.4, 0.5) is 5.69 Å². The van der Waals surface area contributed by atoms with Gasteiger partial charge in [-0.15, -0.1) is 0 Å². The molecule has 1 aromatic heterocycles. The second-order valence-corrected chi connectivity index (χ2v) is 6.91. The molecule has 1 saturated carbocycles. The van der Waals surface area contributed by atoms with Crippen molar-refractivity contribution in [3.63, 3.8) is 0 Å². The standard InChI is InChI=1S/C22H23N3O/c26-22(18-10-2-1-3-11-18)25(24-15-17-8-4-5-9-17)20-14-19-12-6-7-13-21(19)23-16-20/h1-3,6-7,10-14,16-17,24H,4-5,8-9,15H2. The zero-order valence-corrected chi connectivity index (χ0v) is 14.8. The Labute approximate surface area is 153 Å². The molecule has 1 aliphatic carbocycles. The van der Waals surface area contributed by atoms with E-state index in [9.17, 15) is 4.79 Å². The third-order valence-electron chi connectivity index (χ3n) is 5.07. The molecule has 1 aliphatic rings. The Bertz CT molecular complexity index is 888. The highest BCUT2D eigenvalue weighted by Crippen LogP contribution is 2.25. The van der Waals surface area contributed by atoms with E-state index in [-0.39, 0.29) is 5.91 Å². The first-order valence-electron chi connectivity index (χ1n) is 9.29. The SMILES string of the molecule is O=C(c1ccccc1)N(NCC1CCCC1)c1cnc2ccccc2c1. The summed E-state index contributed by atoms with van der Waals surface area (Å²) < 4.78 is 0. The molecular formula is C22H23N3O. The van der Waals surface area contributed by atoms with E-state index in [1.807, 2.05) is 60.7 Å². The molecule has 1 amide bonds. The molecule has 0 bridgehead atoms. The van der Waals surface area contributed by atoms with Gasteiger partial charge >= 0.3 is 0 Å². The van der Waals surface area contributed by atoms with Crippen LogP contribution in [0.25, 0.3) is 10.9 Å². The van der Waals surface area contributed by atoms with Crippen molar-refractivity contribution in [3.8, 4) is 0 Å². The Morgan fingerprint density at radius 3 is 2.58 bits per heavy atom. The van der Waals surface area contributed by atoms with Crippen molar-refractivity contribution in [2.45, 2.75) is 25.7 Å². The highest BCUT2D eigenvalue weighted by atomic mass is 16.2. The molecule has 132 valence electrons. The van der Waals surface area contributed by atoms with Crippen molar-refractivity contribution in [1.29, 1.82) is 0 Å². The summed E-state index contributed by atoms with van der Waals surface area (Å²) in [6, 6.07) is 19.4. The summed E-state index contributed by atoms with van der Waals surface area (Å²) in [4.78, 5) is 17.6. The van der Waals surface area contributed by atoms with Crippen LogP contribution in [0.1, 0.15) is 36.0 Å². The predicted octanol–water partition coefficient (Wildman–Crippen LogP) is 4.58. The summed E-state index contributed by atoms with van der Waals surface area (Å²) in [6.45, 7) is 0.811. The lowest BCUT2D eigenvalue weighted by Gasteiger charge is -2.25. The fourth-order valence-electron chi connectivity index (χ4n) is 3.61. The fraction of sp³-hybridized carbons (Fsp3) is 0.273. The van der Waals surface area contributed by atoms with Crippen LogP contribution in [0.15, 0.2) is 66.9 Å². The van der Waals surface area contributed by atoms with Crippen LogP contribution in [-0.2, 0) is 0 Å². The first-order valence-corrected chi connectivity index (χ1v) is 9.29. The number of amides is 1. The van der Waals surface area contributed by atoms with Crippen LogP contribution in [0.2, 0.25) is 0 Å². The van der Waals surface area contributed by atoms with Gasteiger partial charge in [0.25, 0.3) is 5.91 Å². The van der Waals surface area contributed by atoms with Crippen molar-refractivity contribution in [2.24, 2.45) is 5.92 Å². The van der Waals surface area contributed by atoms with Crippen LogP contribution in [0.5, 0.6) is 0 Å². The third-order valence-corrected chi connectivity index (χ3v) is 5.07. The lowest BCUT2D eigenvalue weighted by molar-refractivity contribution is 0.0972. The minimum absolute atomic E-state index is 0.0549. The average molecular weight is 345 g/mol. The molecule has 0 spiro atoms. The zero-order chi connectivity index (χ0) is 17.8. The van der Waals surface area contributed by atoms with E-state index >= 15 is 0 Å². The van der Waals surface area contributed by atoms with Crippen molar-refractivity contribution in [1.82, 2.24) is 10.4 Å². The molecule has 0 aliphatic heterocycles. The number of fused-ring (bicyclic) bond motifs is 1. The maximum atomic E-state index is 13.1. The monoisotopic (exact) mass is 345 g/mol. The molecule has 1 N–H and O–H groups in total. The number of nitrogens with zero attached hydrogens (tertiary/aromatic N) is 2. The van der Waals surface area contributed by atoms with Crippen molar-refractivity contribution in [3.05, 3.63) is 72.4 Å². The Morgan fingerprint density at radius 1 is 1.04 bits per heavy atom. The molecule has 4 rings (SSSR count). The smallest absolute Gasteiger partial charge is 0.267 e. The Hall–Kier alpha value is -2.72. The van der Waals surface area contributed by atoms with Crippen LogP contribution >= 0.6 is 0 Å². The second-order valence-electron chi connectivity index (χ2n) is 6.91. The average Bonchev–Trinajstić information content (AvgIpc) is 3.22. The normalized spacial score (nSPS) is 14.6. The molecule has 3 aromatic rings. The number of rotatable bonds is 5. The lowest BCUT2D eigenvalue weighted by atomic mass is 10.1. The quantitative estimate of drug-likeness (QED) is 0.689.